The van der Waals surface area contributed by atoms with Gasteiger partial charge in [-0.2, -0.15) is 0 Å². The van der Waals surface area contributed by atoms with Crippen molar-refractivity contribution in [3.05, 3.63) is 59.7 Å². The number of carbonyl (C=O) groups excluding carboxylic acids is 1. The smallest absolute Gasteiger partial charge is 0.248 e. The molecule has 2 aromatic carbocycles. The van der Waals surface area contributed by atoms with Crippen molar-refractivity contribution in [2.75, 3.05) is 5.73 Å². The van der Waals surface area contributed by atoms with Gasteiger partial charge in [-0.25, -0.2) is 0 Å². The summed E-state index contributed by atoms with van der Waals surface area (Å²) in [6.45, 7) is 0.396. The molecule has 0 spiro atoms. The molecule has 2 aromatic rings. The Morgan fingerprint density at radius 1 is 1.11 bits per heavy atom. The summed E-state index contributed by atoms with van der Waals surface area (Å²) in [5.74, 6) is -0.0327. The number of nitrogens with two attached hydrogens (primary N) is 2. The van der Waals surface area contributed by atoms with Gasteiger partial charge in [-0.05, 0) is 23.8 Å². The van der Waals surface area contributed by atoms with Gasteiger partial charge in [-0.1, -0.05) is 30.3 Å². The minimum absolute atomic E-state index is 0.382. The van der Waals surface area contributed by atoms with Crippen LogP contribution in [0.15, 0.2) is 48.5 Å². The predicted octanol–water partition coefficient (Wildman–Crippen LogP) is 1.95. The molecule has 0 aliphatic carbocycles. The number of anilines is 1. The highest BCUT2D eigenvalue weighted by molar-refractivity contribution is 5.93. The van der Waals surface area contributed by atoms with Crippen LogP contribution in [-0.2, 0) is 6.61 Å². The van der Waals surface area contributed by atoms with Gasteiger partial charge >= 0.3 is 0 Å². The van der Waals surface area contributed by atoms with Crippen LogP contribution in [-0.4, -0.2) is 5.91 Å². The van der Waals surface area contributed by atoms with Gasteiger partial charge in [0.15, 0.2) is 0 Å². The third-order valence-corrected chi connectivity index (χ3v) is 2.54. The third kappa shape index (κ3) is 2.79. The molecule has 18 heavy (non-hydrogen) atoms. The molecule has 0 atom stereocenters. The maximum atomic E-state index is 11.1. The number of amides is 1. The number of primary amides is 1. The number of benzene rings is 2. The maximum Gasteiger partial charge on any atom is 0.248 e. The summed E-state index contributed by atoms with van der Waals surface area (Å²) in [5.41, 5.74) is 12.9. The molecule has 0 fully saturated rings. The van der Waals surface area contributed by atoms with E-state index in [1.165, 1.54) is 0 Å². The van der Waals surface area contributed by atoms with E-state index in [4.69, 9.17) is 16.2 Å². The van der Waals surface area contributed by atoms with Crippen molar-refractivity contribution in [2.45, 2.75) is 6.61 Å². The summed E-state index contributed by atoms with van der Waals surface area (Å²) in [4.78, 5) is 11.1. The van der Waals surface area contributed by atoms with E-state index in [9.17, 15) is 4.79 Å². The molecule has 2 rings (SSSR count). The van der Waals surface area contributed by atoms with Crippen LogP contribution < -0.4 is 16.2 Å². The highest BCUT2D eigenvalue weighted by Gasteiger charge is 2.06. The van der Waals surface area contributed by atoms with Gasteiger partial charge < -0.3 is 16.2 Å². The van der Waals surface area contributed by atoms with Crippen LogP contribution in [0, 0.1) is 0 Å². The number of hydrogen-bond acceptors (Lipinski definition) is 3. The Morgan fingerprint density at radius 2 is 1.83 bits per heavy atom. The van der Waals surface area contributed by atoms with E-state index < -0.39 is 5.91 Å². The molecule has 0 aliphatic rings. The zero-order valence-corrected chi connectivity index (χ0v) is 9.80. The molecule has 0 aromatic heterocycles. The Hall–Kier alpha value is -2.49. The van der Waals surface area contributed by atoms with Gasteiger partial charge in [-0.15, -0.1) is 0 Å². The normalized spacial score (nSPS) is 10.0. The first-order chi connectivity index (χ1) is 8.66. The minimum Gasteiger partial charge on any atom is -0.487 e. The van der Waals surface area contributed by atoms with E-state index >= 15 is 0 Å². The van der Waals surface area contributed by atoms with Crippen molar-refractivity contribution in [3.63, 3.8) is 0 Å². The predicted molar refractivity (Wildman–Crippen MR) is 70.1 cm³/mol. The van der Waals surface area contributed by atoms with Crippen LogP contribution in [0.5, 0.6) is 5.75 Å². The average molecular weight is 242 g/mol. The fraction of sp³-hybridized carbons (Fsp3) is 0.0714. The lowest BCUT2D eigenvalue weighted by atomic mass is 10.2. The van der Waals surface area contributed by atoms with E-state index in [2.05, 4.69) is 0 Å². The summed E-state index contributed by atoms with van der Waals surface area (Å²) >= 11 is 0. The van der Waals surface area contributed by atoms with Crippen molar-refractivity contribution in [3.8, 4) is 5.75 Å². The quantitative estimate of drug-likeness (QED) is 0.804. The van der Waals surface area contributed by atoms with E-state index in [1.54, 1.807) is 18.2 Å². The van der Waals surface area contributed by atoms with E-state index in [-0.39, 0.29) is 0 Å². The highest BCUT2D eigenvalue weighted by atomic mass is 16.5. The lowest BCUT2D eigenvalue weighted by molar-refractivity contribution is 0.1000. The molecule has 92 valence electrons. The van der Waals surface area contributed by atoms with Gasteiger partial charge in [0.25, 0.3) is 0 Å². The summed E-state index contributed by atoms with van der Waals surface area (Å²) in [7, 11) is 0. The summed E-state index contributed by atoms with van der Waals surface area (Å²) in [6, 6.07) is 14.5. The molecular weight excluding hydrogens is 228 g/mol. The second-order valence-corrected chi connectivity index (χ2v) is 3.89. The van der Waals surface area contributed by atoms with Crippen LogP contribution in [0.4, 0.5) is 5.69 Å². The van der Waals surface area contributed by atoms with Crippen molar-refractivity contribution in [2.24, 2.45) is 5.73 Å². The molecule has 0 unspecified atom stereocenters. The fourth-order valence-corrected chi connectivity index (χ4v) is 1.55. The summed E-state index contributed by atoms with van der Waals surface area (Å²) in [6.07, 6.45) is 0. The molecule has 0 saturated carbocycles. The van der Waals surface area contributed by atoms with Crippen molar-refractivity contribution < 1.29 is 9.53 Å². The Morgan fingerprint density at radius 3 is 2.50 bits per heavy atom. The second-order valence-electron chi connectivity index (χ2n) is 3.89. The van der Waals surface area contributed by atoms with Gasteiger partial charge in [-0.3, -0.25) is 4.79 Å². The average Bonchev–Trinajstić information content (AvgIpc) is 2.38. The molecule has 1 amide bonds. The number of carbonyl (C=O) groups is 1. The topological polar surface area (TPSA) is 78.3 Å². The number of ether oxygens (including phenoxy) is 1. The lowest BCUT2D eigenvalue weighted by Gasteiger charge is -2.09. The van der Waals surface area contributed by atoms with Crippen LogP contribution in [0.3, 0.4) is 0 Å². The minimum atomic E-state index is -0.500. The Kier molecular flexibility index (Phi) is 3.48. The monoisotopic (exact) mass is 242 g/mol. The van der Waals surface area contributed by atoms with Gasteiger partial charge in [0, 0.05) is 5.56 Å². The molecule has 4 nitrogen and oxygen atoms in total. The fourth-order valence-electron chi connectivity index (χ4n) is 1.55. The molecule has 0 bridgehead atoms. The van der Waals surface area contributed by atoms with E-state index in [0.29, 0.717) is 23.6 Å². The molecular formula is C14H14N2O2. The first-order valence-electron chi connectivity index (χ1n) is 5.53. The van der Waals surface area contributed by atoms with Gasteiger partial charge in [0.05, 0.1) is 5.69 Å². The highest BCUT2D eigenvalue weighted by Crippen LogP contribution is 2.23. The van der Waals surface area contributed by atoms with Gasteiger partial charge in [0.1, 0.15) is 12.4 Å². The van der Waals surface area contributed by atoms with Crippen molar-refractivity contribution in [1.29, 1.82) is 0 Å². The molecule has 4 N–H and O–H groups in total. The largest absolute Gasteiger partial charge is 0.487 e. The zero-order chi connectivity index (χ0) is 13.0. The maximum absolute atomic E-state index is 11.1. The number of nitrogen functional groups attached to an aromatic ring is 1. The van der Waals surface area contributed by atoms with Crippen molar-refractivity contribution >= 4 is 11.6 Å². The number of hydrogen-bond donors (Lipinski definition) is 2. The molecule has 0 heterocycles. The SMILES string of the molecule is NC(=O)c1ccc(N)c(OCc2ccccc2)c1. The molecule has 4 heteroatoms. The van der Waals surface area contributed by atoms with E-state index in [0.717, 1.165) is 5.56 Å². The van der Waals surface area contributed by atoms with E-state index in [1.807, 2.05) is 30.3 Å². The molecule has 0 radical (unpaired) electrons. The lowest BCUT2D eigenvalue weighted by Crippen LogP contribution is -2.11. The van der Waals surface area contributed by atoms with Crippen LogP contribution >= 0.6 is 0 Å². The first kappa shape index (κ1) is 12.0. The zero-order valence-electron chi connectivity index (χ0n) is 9.80. The van der Waals surface area contributed by atoms with Crippen molar-refractivity contribution in [1.82, 2.24) is 0 Å². The third-order valence-electron chi connectivity index (χ3n) is 2.54. The molecule has 0 saturated heterocycles. The summed E-state index contributed by atoms with van der Waals surface area (Å²) < 4.78 is 5.58. The van der Waals surface area contributed by atoms with Gasteiger partial charge in [0.2, 0.25) is 5.91 Å². The van der Waals surface area contributed by atoms with Crippen LogP contribution in [0.2, 0.25) is 0 Å². The first-order valence-corrected chi connectivity index (χ1v) is 5.53. The number of rotatable bonds is 4. The Balaban J connectivity index is 2.14. The van der Waals surface area contributed by atoms with Crippen LogP contribution in [0.1, 0.15) is 15.9 Å². The Labute approximate surface area is 105 Å². The van der Waals surface area contributed by atoms with Crippen LogP contribution in [0.25, 0.3) is 0 Å². The second kappa shape index (κ2) is 5.23. The Bertz CT molecular complexity index is 553. The molecule has 0 aliphatic heterocycles. The summed E-state index contributed by atoms with van der Waals surface area (Å²) in [5, 5.41) is 0. The standard InChI is InChI=1S/C14H14N2O2/c15-12-7-6-11(14(16)17)8-13(12)18-9-10-4-2-1-3-5-10/h1-8H,9,15H2,(H2,16,17).